The molecule has 2 heterocycles. The van der Waals surface area contributed by atoms with E-state index in [1.807, 2.05) is 0 Å². The van der Waals surface area contributed by atoms with Crippen molar-refractivity contribution in [2.24, 2.45) is 11.8 Å². The number of carbonyl (C=O) groups is 2. The molecule has 116 valence electrons. The van der Waals surface area contributed by atoms with E-state index in [-0.39, 0.29) is 11.8 Å². The summed E-state index contributed by atoms with van der Waals surface area (Å²) < 4.78 is 0. The van der Waals surface area contributed by atoms with Gasteiger partial charge < -0.3 is 9.80 Å². The van der Waals surface area contributed by atoms with Crippen LogP contribution in [-0.2, 0) is 9.59 Å². The molecule has 2 saturated heterocycles. The van der Waals surface area contributed by atoms with Crippen molar-refractivity contribution in [2.75, 3.05) is 26.2 Å². The Kier molecular flexibility index (Phi) is 4.32. The first-order chi connectivity index (χ1) is 10.1. The smallest absolute Gasteiger partial charge is 0.312 e. The second-order valence-electron chi connectivity index (χ2n) is 6.92. The fourth-order valence-corrected chi connectivity index (χ4v) is 3.96. The lowest BCUT2D eigenvalue weighted by Crippen LogP contribution is -2.50. The molecule has 21 heavy (non-hydrogen) atoms. The molecular weight excluding hydrogens is 264 g/mol. The zero-order chi connectivity index (χ0) is 14.8. The minimum atomic E-state index is -0.283. The van der Waals surface area contributed by atoms with Crippen LogP contribution in [0.1, 0.15) is 45.4 Å². The Labute approximate surface area is 127 Å². The molecule has 0 radical (unpaired) electrons. The third kappa shape index (κ3) is 3.14. The highest BCUT2D eigenvalue weighted by Crippen LogP contribution is 2.32. The molecule has 3 aliphatic rings. The Morgan fingerprint density at radius 2 is 1.86 bits per heavy atom. The summed E-state index contributed by atoms with van der Waals surface area (Å²) in [7, 11) is 0. The van der Waals surface area contributed by atoms with Crippen LogP contribution in [0, 0.1) is 11.8 Å². The fraction of sp³-hybridized carbons (Fsp3) is 0.765. The predicted octanol–water partition coefficient (Wildman–Crippen LogP) is 2.20. The highest BCUT2D eigenvalue weighted by atomic mass is 16.2. The number of nitrogens with zero attached hydrogens (tertiary/aromatic N) is 2. The van der Waals surface area contributed by atoms with Crippen LogP contribution in [0.5, 0.6) is 0 Å². The highest BCUT2D eigenvalue weighted by Gasteiger charge is 2.33. The largest absolute Gasteiger partial charge is 0.334 e. The van der Waals surface area contributed by atoms with Gasteiger partial charge in [-0.2, -0.15) is 0 Å². The number of hydrogen-bond acceptors (Lipinski definition) is 2. The maximum Gasteiger partial charge on any atom is 0.312 e. The van der Waals surface area contributed by atoms with Gasteiger partial charge in [-0.25, -0.2) is 0 Å². The maximum absolute atomic E-state index is 12.5. The average molecular weight is 290 g/mol. The molecule has 2 amide bonds. The van der Waals surface area contributed by atoms with Gasteiger partial charge in [0.1, 0.15) is 0 Å². The van der Waals surface area contributed by atoms with Crippen LogP contribution >= 0.6 is 0 Å². The minimum absolute atomic E-state index is 0.281. The third-order valence-corrected chi connectivity index (χ3v) is 5.22. The Morgan fingerprint density at radius 3 is 2.67 bits per heavy atom. The Balaban J connectivity index is 1.62. The van der Waals surface area contributed by atoms with Crippen molar-refractivity contribution >= 4 is 11.8 Å². The van der Waals surface area contributed by atoms with Gasteiger partial charge in [0, 0.05) is 26.2 Å². The van der Waals surface area contributed by atoms with Gasteiger partial charge >= 0.3 is 11.8 Å². The second-order valence-corrected chi connectivity index (χ2v) is 6.92. The van der Waals surface area contributed by atoms with Crippen molar-refractivity contribution in [2.45, 2.75) is 45.4 Å². The van der Waals surface area contributed by atoms with Gasteiger partial charge in [0.05, 0.1) is 0 Å². The summed E-state index contributed by atoms with van der Waals surface area (Å²) in [4.78, 5) is 28.4. The van der Waals surface area contributed by atoms with E-state index in [2.05, 4.69) is 13.0 Å². The molecule has 0 saturated carbocycles. The molecule has 2 fully saturated rings. The van der Waals surface area contributed by atoms with Crippen molar-refractivity contribution in [1.82, 2.24) is 9.80 Å². The Morgan fingerprint density at radius 1 is 1.05 bits per heavy atom. The van der Waals surface area contributed by atoms with E-state index in [9.17, 15) is 9.59 Å². The zero-order valence-electron chi connectivity index (χ0n) is 13.0. The molecule has 2 atom stereocenters. The van der Waals surface area contributed by atoms with E-state index in [0.717, 1.165) is 45.3 Å². The van der Waals surface area contributed by atoms with Crippen LogP contribution < -0.4 is 0 Å². The van der Waals surface area contributed by atoms with E-state index in [0.29, 0.717) is 18.4 Å². The number of fused-ring (bicyclic) bond motifs is 1. The zero-order valence-corrected chi connectivity index (χ0v) is 13.0. The predicted molar refractivity (Wildman–Crippen MR) is 81.6 cm³/mol. The van der Waals surface area contributed by atoms with E-state index < -0.39 is 0 Å². The molecule has 0 spiro atoms. The van der Waals surface area contributed by atoms with Gasteiger partial charge in [-0.05, 0) is 50.4 Å². The average Bonchev–Trinajstić information content (AvgIpc) is 2.53. The highest BCUT2D eigenvalue weighted by molar-refractivity contribution is 6.35. The van der Waals surface area contributed by atoms with E-state index in [1.54, 1.807) is 9.80 Å². The SMILES string of the molecule is CC1CCCN(C(=O)C(=O)N2CCC3CCCC=C3C2)C1. The molecule has 1 aliphatic carbocycles. The summed E-state index contributed by atoms with van der Waals surface area (Å²) in [5, 5.41) is 0. The maximum atomic E-state index is 12.5. The van der Waals surface area contributed by atoms with Crippen molar-refractivity contribution in [3.8, 4) is 0 Å². The molecule has 3 rings (SSSR count). The van der Waals surface area contributed by atoms with Crippen LogP contribution in [0.2, 0.25) is 0 Å². The Hall–Kier alpha value is -1.32. The number of rotatable bonds is 0. The van der Waals surface area contributed by atoms with Crippen molar-refractivity contribution < 1.29 is 9.59 Å². The fourth-order valence-electron chi connectivity index (χ4n) is 3.96. The van der Waals surface area contributed by atoms with Crippen LogP contribution in [0.4, 0.5) is 0 Å². The lowest BCUT2D eigenvalue weighted by Gasteiger charge is -2.37. The van der Waals surface area contributed by atoms with E-state index in [1.165, 1.54) is 18.4 Å². The third-order valence-electron chi connectivity index (χ3n) is 5.22. The standard InChI is InChI=1S/C17H26N2O2/c1-13-5-4-9-18(11-13)16(20)17(21)19-10-8-14-6-2-3-7-15(14)12-19/h7,13-14H,2-6,8-12H2,1H3. The number of amides is 2. The van der Waals surface area contributed by atoms with Crippen LogP contribution in [-0.4, -0.2) is 47.8 Å². The number of hydrogen-bond donors (Lipinski definition) is 0. The summed E-state index contributed by atoms with van der Waals surface area (Å²) >= 11 is 0. The summed E-state index contributed by atoms with van der Waals surface area (Å²) in [6, 6.07) is 0. The molecule has 4 heteroatoms. The van der Waals surface area contributed by atoms with Gasteiger partial charge in [0.25, 0.3) is 0 Å². The molecule has 0 bridgehead atoms. The first-order valence-electron chi connectivity index (χ1n) is 8.42. The van der Waals surface area contributed by atoms with Crippen LogP contribution in [0.15, 0.2) is 11.6 Å². The number of piperidine rings is 2. The van der Waals surface area contributed by atoms with E-state index in [4.69, 9.17) is 0 Å². The number of likely N-dealkylation sites (tertiary alicyclic amines) is 2. The van der Waals surface area contributed by atoms with Gasteiger partial charge in [0.2, 0.25) is 0 Å². The normalized spacial score (nSPS) is 29.7. The summed E-state index contributed by atoms with van der Waals surface area (Å²) in [6.07, 6.45) is 9.16. The molecular formula is C17H26N2O2. The van der Waals surface area contributed by atoms with Crippen LogP contribution in [0.3, 0.4) is 0 Å². The summed E-state index contributed by atoms with van der Waals surface area (Å²) in [5.74, 6) is 0.612. The Bertz CT molecular complexity index is 458. The molecule has 2 unspecified atom stereocenters. The van der Waals surface area contributed by atoms with Crippen molar-refractivity contribution in [1.29, 1.82) is 0 Å². The van der Waals surface area contributed by atoms with Gasteiger partial charge in [-0.3, -0.25) is 9.59 Å². The molecule has 2 aliphatic heterocycles. The molecule has 4 nitrogen and oxygen atoms in total. The minimum Gasteiger partial charge on any atom is -0.334 e. The van der Waals surface area contributed by atoms with Gasteiger partial charge in [0.15, 0.2) is 0 Å². The lowest BCUT2D eigenvalue weighted by atomic mass is 9.82. The molecule has 0 aromatic rings. The number of carbonyl (C=O) groups excluding carboxylic acids is 2. The quantitative estimate of drug-likeness (QED) is 0.507. The monoisotopic (exact) mass is 290 g/mol. The van der Waals surface area contributed by atoms with Crippen molar-refractivity contribution in [3.05, 3.63) is 11.6 Å². The molecule has 0 aromatic carbocycles. The number of allylic oxidation sites excluding steroid dienone is 1. The van der Waals surface area contributed by atoms with Crippen molar-refractivity contribution in [3.63, 3.8) is 0 Å². The summed E-state index contributed by atoms with van der Waals surface area (Å²) in [6.45, 7) is 5.06. The first-order valence-corrected chi connectivity index (χ1v) is 8.42. The molecule has 0 N–H and O–H groups in total. The second kappa shape index (κ2) is 6.20. The van der Waals surface area contributed by atoms with Gasteiger partial charge in [-0.15, -0.1) is 0 Å². The first kappa shape index (κ1) is 14.6. The van der Waals surface area contributed by atoms with E-state index >= 15 is 0 Å². The topological polar surface area (TPSA) is 40.6 Å². The summed E-state index contributed by atoms with van der Waals surface area (Å²) in [5.41, 5.74) is 1.39. The lowest BCUT2D eigenvalue weighted by molar-refractivity contribution is -0.153. The molecule has 0 aromatic heterocycles. The van der Waals surface area contributed by atoms with Crippen LogP contribution in [0.25, 0.3) is 0 Å². The van der Waals surface area contributed by atoms with Gasteiger partial charge in [-0.1, -0.05) is 18.6 Å².